The average Bonchev–Trinajstić information content (AvgIpc) is 3.28. The largest absolute Gasteiger partial charge is 0.373 e. The lowest BCUT2D eigenvalue weighted by molar-refractivity contribution is 0.268. The molecule has 2 N–H and O–H groups in total. The molecule has 198 valence electrons. The quantitative estimate of drug-likeness (QED) is 0.466. The van der Waals surface area contributed by atoms with Crippen molar-refractivity contribution in [1.82, 2.24) is 25.3 Å². The van der Waals surface area contributed by atoms with Gasteiger partial charge in [0.25, 0.3) is 0 Å². The smallest absolute Gasteiger partial charge is 0.161 e. The Morgan fingerprint density at radius 1 is 1.25 bits per heavy atom. The Labute approximate surface area is 218 Å². The summed E-state index contributed by atoms with van der Waals surface area (Å²) in [6.07, 6.45) is 17.2. The zero-order valence-corrected chi connectivity index (χ0v) is 23.6. The molecule has 7 heteroatoms. The number of piperidine rings is 1. The molecule has 1 aromatic heterocycles. The molecule has 0 bridgehead atoms. The second-order valence-corrected chi connectivity index (χ2v) is 11.2. The van der Waals surface area contributed by atoms with Gasteiger partial charge in [0, 0.05) is 61.1 Å². The van der Waals surface area contributed by atoms with Crippen LogP contribution in [0.4, 0.5) is 5.82 Å². The number of anilines is 1. The van der Waals surface area contributed by atoms with Gasteiger partial charge in [-0.05, 0) is 44.9 Å². The number of aliphatic imine (C=N–C) groups is 1. The Kier molecular flexibility index (Phi) is 10.1. The lowest BCUT2D eigenvalue weighted by atomic mass is 9.91. The van der Waals surface area contributed by atoms with Crippen LogP contribution in [-0.2, 0) is 0 Å². The van der Waals surface area contributed by atoms with Crippen LogP contribution in [-0.4, -0.2) is 51.8 Å². The lowest BCUT2D eigenvalue weighted by Gasteiger charge is -2.35. The number of nitrogens with one attached hydrogen (secondary N) is 2. The number of hydrogen-bond acceptors (Lipinski definition) is 7. The predicted molar refractivity (Wildman–Crippen MR) is 152 cm³/mol. The molecule has 3 aliphatic rings. The molecule has 3 aliphatic heterocycles. The molecule has 0 radical (unpaired) electrons. The highest BCUT2D eigenvalue weighted by Gasteiger charge is 2.25. The summed E-state index contributed by atoms with van der Waals surface area (Å²) in [5.74, 6) is 1.70. The number of allylic oxidation sites excluding steroid dienone is 3. The van der Waals surface area contributed by atoms with E-state index in [0.29, 0.717) is 18.0 Å². The highest BCUT2D eigenvalue weighted by molar-refractivity contribution is 5.92. The van der Waals surface area contributed by atoms with Crippen LogP contribution in [0.15, 0.2) is 41.1 Å². The van der Waals surface area contributed by atoms with Gasteiger partial charge in [-0.15, -0.1) is 0 Å². The van der Waals surface area contributed by atoms with Crippen molar-refractivity contribution >= 4 is 17.6 Å². The summed E-state index contributed by atoms with van der Waals surface area (Å²) in [4.78, 5) is 16.2. The molecule has 1 saturated heterocycles. The van der Waals surface area contributed by atoms with Crippen LogP contribution in [0.3, 0.4) is 0 Å². The first-order valence-corrected chi connectivity index (χ1v) is 13.7. The average molecular weight is 494 g/mol. The fourth-order valence-corrected chi connectivity index (χ4v) is 4.75. The monoisotopic (exact) mass is 493 g/mol. The number of unbranched alkanes of at least 4 members (excludes halogenated alkanes) is 1. The number of aryl methyl sites for hydroxylation is 1. The van der Waals surface area contributed by atoms with Gasteiger partial charge in [0.2, 0.25) is 0 Å². The molecule has 0 aromatic carbocycles. The molecule has 0 spiro atoms. The van der Waals surface area contributed by atoms with Gasteiger partial charge in [-0.1, -0.05) is 53.5 Å². The third-order valence-corrected chi connectivity index (χ3v) is 6.72. The van der Waals surface area contributed by atoms with Gasteiger partial charge in [-0.3, -0.25) is 10.0 Å². The number of hydrogen-bond donors (Lipinski definition) is 2. The topological polar surface area (TPSA) is 68.7 Å². The van der Waals surface area contributed by atoms with E-state index in [9.17, 15) is 0 Å². The Bertz CT molecular complexity index is 984. The van der Waals surface area contributed by atoms with Crippen LogP contribution < -0.4 is 10.7 Å². The van der Waals surface area contributed by atoms with Gasteiger partial charge in [-0.25, -0.2) is 15.4 Å². The van der Waals surface area contributed by atoms with Crippen molar-refractivity contribution in [2.24, 2.45) is 10.4 Å². The number of fused-ring (bicyclic) bond motifs is 1. The summed E-state index contributed by atoms with van der Waals surface area (Å²) in [6.45, 7) is 18.4. The first-order chi connectivity index (χ1) is 17.2. The molecule has 4 heterocycles. The van der Waals surface area contributed by atoms with Crippen LogP contribution in [0.1, 0.15) is 91.5 Å². The number of hydrazine groups is 1. The van der Waals surface area contributed by atoms with E-state index >= 15 is 0 Å². The summed E-state index contributed by atoms with van der Waals surface area (Å²) in [6, 6.07) is 0.394. The molecule has 0 amide bonds. The molecule has 4 rings (SSSR count). The van der Waals surface area contributed by atoms with Crippen molar-refractivity contribution in [1.29, 1.82) is 0 Å². The van der Waals surface area contributed by atoms with Crippen molar-refractivity contribution in [3.63, 3.8) is 0 Å². The SMILES string of the molecule is CCC/C=C(/C)N1CCCC(Nc2nc(C3=C4C=NC=CN4NC3)ncc2C)C1.CCCC(C)(C)C. The van der Waals surface area contributed by atoms with Gasteiger partial charge in [0.1, 0.15) is 5.82 Å². The van der Waals surface area contributed by atoms with E-state index in [-0.39, 0.29) is 0 Å². The maximum atomic E-state index is 4.89. The molecule has 0 aliphatic carbocycles. The highest BCUT2D eigenvalue weighted by atomic mass is 15.5. The van der Waals surface area contributed by atoms with Crippen LogP contribution in [0.5, 0.6) is 0 Å². The van der Waals surface area contributed by atoms with E-state index in [1.807, 2.05) is 23.6 Å². The number of likely N-dealkylation sites (tertiary alicyclic amines) is 1. The van der Waals surface area contributed by atoms with E-state index in [1.165, 1.54) is 31.4 Å². The second kappa shape index (κ2) is 13.0. The standard InChI is InChI=1S/C22H31N7.C7H16/c1-4-5-7-17(3)28-10-6-8-18(15-28)26-21-16(2)12-24-22(27-21)19-13-25-29-11-9-23-14-20(19)29;1-5-6-7(2,3)4/h7,9,11-12,14,18,25H,4-6,8,10,13,15H2,1-3H3,(H,24,26,27);5-6H2,1-4H3/b17-7-;. The molecule has 36 heavy (non-hydrogen) atoms. The fraction of sp³-hybridized carbons (Fsp3) is 0.621. The zero-order chi connectivity index (χ0) is 26.1. The molecule has 1 fully saturated rings. The summed E-state index contributed by atoms with van der Waals surface area (Å²) >= 11 is 0. The zero-order valence-electron chi connectivity index (χ0n) is 23.6. The summed E-state index contributed by atoms with van der Waals surface area (Å²) < 4.78 is 0. The second-order valence-electron chi connectivity index (χ2n) is 11.2. The summed E-state index contributed by atoms with van der Waals surface area (Å²) in [7, 11) is 0. The molecular formula is C29H47N7. The van der Waals surface area contributed by atoms with Gasteiger partial charge >= 0.3 is 0 Å². The van der Waals surface area contributed by atoms with Crippen molar-refractivity contribution < 1.29 is 0 Å². The van der Waals surface area contributed by atoms with Crippen molar-refractivity contribution in [2.45, 2.75) is 93.0 Å². The Morgan fingerprint density at radius 2 is 2.06 bits per heavy atom. The highest BCUT2D eigenvalue weighted by Crippen LogP contribution is 2.26. The minimum absolute atomic E-state index is 0.394. The fourth-order valence-electron chi connectivity index (χ4n) is 4.75. The normalized spacial score (nSPS) is 19.9. The maximum absolute atomic E-state index is 4.89. The minimum Gasteiger partial charge on any atom is -0.373 e. The van der Waals surface area contributed by atoms with Crippen LogP contribution in [0, 0.1) is 12.3 Å². The molecule has 1 atom stereocenters. The summed E-state index contributed by atoms with van der Waals surface area (Å²) in [5, 5.41) is 5.68. The molecule has 1 unspecified atom stereocenters. The molecule has 0 saturated carbocycles. The minimum atomic E-state index is 0.394. The van der Waals surface area contributed by atoms with E-state index in [4.69, 9.17) is 4.98 Å². The van der Waals surface area contributed by atoms with Gasteiger partial charge < -0.3 is 10.2 Å². The third kappa shape index (κ3) is 7.92. The van der Waals surface area contributed by atoms with Crippen molar-refractivity contribution in [2.75, 3.05) is 25.0 Å². The molecular weight excluding hydrogens is 446 g/mol. The van der Waals surface area contributed by atoms with Crippen molar-refractivity contribution in [3.8, 4) is 0 Å². The van der Waals surface area contributed by atoms with E-state index in [0.717, 1.165) is 54.4 Å². The molecule has 1 aromatic rings. The van der Waals surface area contributed by atoms with Gasteiger partial charge in [0.05, 0.1) is 11.9 Å². The number of rotatable bonds is 7. The van der Waals surface area contributed by atoms with Gasteiger partial charge in [-0.2, -0.15) is 0 Å². The number of nitrogens with zero attached hydrogens (tertiary/aromatic N) is 5. The molecule has 7 nitrogen and oxygen atoms in total. The first kappa shape index (κ1) is 27.9. The first-order valence-electron chi connectivity index (χ1n) is 13.7. The maximum Gasteiger partial charge on any atom is 0.161 e. The predicted octanol–water partition coefficient (Wildman–Crippen LogP) is 6.28. The Hall–Kier alpha value is -2.67. The van der Waals surface area contributed by atoms with Crippen LogP contribution in [0.2, 0.25) is 0 Å². The van der Waals surface area contributed by atoms with Crippen molar-refractivity contribution in [3.05, 3.63) is 47.5 Å². The van der Waals surface area contributed by atoms with Gasteiger partial charge in [0.15, 0.2) is 5.82 Å². The van der Waals surface area contributed by atoms with E-state index in [1.54, 1.807) is 6.20 Å². The summed E-state index contributed by atoms with van der Waals surface area (Å²) in [5.41, 5.74) is 8.44. The van der Waals surface area contributed by atoms with E-state index in [2.05, 4.69) is 80.2 Å². The van der Waals surface area contributed by atoms with Crippen LogP contribution in [0.25, 0.3) is 5.57 Å². The lowest BCUT2D eigenvalue weighted by Crippen LogP contribution is -2.41. The number of aromatic nitrogens is 2. The Morgan fingerprint density at radius 3 is 2.75 bits per heavy atom. The van der Waals surface area contributed by atoms with Crippen LogP contribution >= 0.6 is 0 Å². The third-order valence-electron chi connectivity index (χ3n) is 6.72. The van der Waals surface area contributed by atoms with E-state index < -0.39 is 0 Å². The Balaban J connectivity index is 0.000000454.